The predicted molar refractivity (Wildman–Crippen MR) is 87.0 cm³/mol. The van der Waals surface area contributed by atoms with Gasteiger partial charge in [-0.25, -0.2) is 8.42 Å². The summed E-state index contributed by atoms with van der Waals surface area (Å²) in [5, 5.41) is 0. The monoisotopic (exact) mass is 340 g/mol. The Morgan fingerprint density at radius 2 is 2.22 bits per heavy atom. The van der Waals surface area contributed by atoms with Crippen molar-refractivity contribution in [3.8, 4) is 0 Å². The number of amides is 1. The largest absolute Gasteiger partial charge is 0.341 e. The van der Waals surface area contributed by atoms with Gasteiger partial charge in [-0.3, -0.25) is 9.78 Å². The Bertz CT molecular complexity index is 661. The first kappa shape index (κ1) is 17.8. The van der Waals surface area contributed by atoms with Crippen LogP contribution in [0.15, 0.2) is 29.4 Å². The third kappa shape index (κ3) is 3.88. The lowest BCUT2D eigenvalue weighted by atomic mass is 9.80. The number of nitrogens with two attached hydrogens (primary N) is 1. The SMILES string of the molecule is CN(CC(=O)N1CCC(N)C(C)(C)C1)S(=O)(=O)c1cccnc1. The Morgan fingerprint density at radius 3 is 2.78 bits per heavy atom. The van der Waals surface area contributed by atoms with Gasteiger partial charge < -0.3 is 10.6 Å². The molecule has 2 heterocycles. The van der Waals surface area contributed by atoms with E-state index in [0.29, 0.717) is 13.1 Å². The molecule has 1 saturated heterocycles. The van der Waals surface area contributed by atoms with E-state index in [-0.39, 0.29) is 28.8 Å². The molecule has 128 valence electrons. The fourth-order valence-corrected chi connectivity index (χ4v) is 3.73. The summed E-state index contributed by atoms with van der Waals surface area (Å²) >= 11 is 0. The number of likely N-dealkylation sites (N-methyl/N-ethyl adjacent to an activating group) is 1. The molecule has 0 aliphatic carbocycles. The van der Waals surface area contributed by atoms with Crippen LogP contribution >= 0.6 is 0 Å². The molecule has 2 N–H and O–H groups in total. The van der Waals surface area contributed by atoms with Crippen LogP contribution in [-0.2, 0) is 14.8 Å². The number of hydrogen-bond acceptors (Lipinski definition) is 5. The van der Waals surface area contributed by atoms with Crippen LogP contribution in [0, 0.1) is 5.41 Å². The highest BCUT2D eigenvalue weighted by Crippen LogP contribution is 2.27. The molecule has 0 bridgehead atoms. The Kier molecular flexibility index (Phi) is 5.07. The Morgan fingerprint density at radius 1 is 1.52 bits per heavy atom. The molecule has 23 heavy (non-hydrogen) atoms. The molecule has 7 nitrogen and oxygen atoms in total. The van der Waals surface area contributed by atoms with Crippen molar-refractivity contribution in [2.75, 3.05) is 26.7 Å². The zero-order valence-corrected chi connectivity index (χ0v) is 14.6. The van der Waals surface area contributed by atoms with Gasteiger partial charge in [0, 0.05) is 38.6 Å². The second kappa shape index (κ2) is 6.54. The molecule has 1 amide bonds. The Labute approximate surface area is 137 Å². The molecule has 1 aromatic heterocycles. The predicted octanol–water partition coefficient (Wildman–Crippen LogP) is 0.288. The van der Waals surface area contributed by atoms with Crippen LogP contribution in [0.5, 0.6) is 0 Å². The van der Waals surface area contributed by atoms with Crippen LogP contribution in [0.25, 0.3) is 0 Å². The van der Waals surface area contributed by atoms with E-state index in [0.717, 1.165) is 10.7 Å². The van der Waals surface area contributed by atoms with E-state index in [2.05, 4.69) is 4.98 Å². The number of piperidine rings is 1. The molecule has 1 aliphatic rings. The summed E-state index contributed by atoms with van der Waals surface area (Å²) in [5.74, 6) is -0.208. The highest BCUT2D eigenvalue weighted by atomic mass is 32.2. The Balaban J connectivity index is 2.06. The van der Waals surface area contributed by atoms with Crippen molar-refractivity contribution in [2.45, 2.75) is 31.2 Å². The summed E-state index contributed by atoms with van der Waals surface area (Å²) in [6.07, 6.45) is 3.50. The number of carbonyl (C=O) groups excluding carboxylic acids is 1. The van der Waals surface area contributed by atoms with Crippen LogP contribution in [0.4, 0.5) is 0 Å². The normalized spacial score (nSPS) is 21.4. The molecule has 8 heteroatoms. The topological polar surface area (TPSA) is 96.6 Å². The van der Waals surface area contributed by atoms with Gasteiger partial charge in [-0.2, -0.15) is 4.31 Å². The quantitative estimate of drug-likeness (QED) is 0.850. The van der Waals surface area contributed by atoms with Crippen LogP contribution in [-0.4, -0.2) is 61.2 Å². The standard InChI is InChI=1S/C15H24N4O3S/c1-15(2)11-19(8-6-13(15)16)14(20)10-18(3)23(21,22)12-5-4-7-17-9-12/h4-5,7,9,13H,6,8,10-11,16H2,1-3H3. The lowest BCUT2D eigenvalue weighted by Crippen LogP contribution is -2.55. The summed E-state index contributed by atoms with van der Waals surface area (Å²) in [7, 11) is -2.31. The van der Waals surface area contributed by atoms with Crippen molar-refractivity contribution in [3.05, 3.63) is 24.5 Å². The third-order valence-corrected chi connectivity index (χ3v) is 6.15. The smallest absolute Gasteiger partial charge is 0.244 e. The lowest BCUT2D eigenvalue weighted by molar-refractivity contribution is -0.134. The molecular formula is C15H24N4O3S. The second-order valence-corrected chi connectivity index (χ2v) is 8.69. The van der Waals surface area contributed by atoms with E-state index in [9.17, 15) is 13.2 Å². The zero-order chi connectivity index (χ0) is 17.3. The molecular weight excluding hydrogens is 316 g/mol. The number of pyridine rings is 1. The molecule has 0 saturated carbocycles. The van der Waals surface area contributed by atoms with Crippen molar-refractivity contribution in [2.24, 2.45) is 11.1 Å². The summed E-state index contributed by atoms with van der Waals surface area (Å²) in [5.41, 5.74) is 5.90. The van der Waals surface area contributed by atoms with Crippen LogP contribution in [0.2, 0.25) is 0 Å². The first-order valence-electron chi connectivity index (χ1n) is 7.54. The van der Waals surface area contributed by atoms with Crippen molar-refractivity contribution in [1.29, 1.82) is 0 Å². The van der Waals surface area contributed by atoms with Gasteiger partial charge in [0.15, 0.2) is 0 Å². The number of hydrogen-bond donors (Lipinski definition) is 1. The fraction of sp³-hybridized carbons (Fsp3) is 0.600. The van der Waals surface area contributed by atoms with Crippen molar-refractivity contribution in [1.82, 2.24) is 14.2 Å². The zero-order valence-electron chi connectivity index (χ0n) is 13.8. The summed E-state index contributed by atoms with van der Waals surface area (Å²) in [4.78, 5) is 18.0. The minimum Gasteiger partial charge on any atom is -0.341 e. The number of carbonyl (C=O) groups is 1. The minimum absolute atomic E-state index is 0.0448. The third-order valence-electron chi connectivity index (χ3n) is 4.37. The molecule has 1 aromatic rings. The van der Waals surface area contributed by atoms with Crippen molar-refractivity contribution < 1.29 is 13.2 Å². The van der Waals surface area contributed by atoms with Crippen LogP contribution in [0.1, 0.15) is 20.3 Å². The summed E-state index contributed by atoms with van der Waals surface area (Å²) in [6.45, 7) is 4.95. The maximum absolute atomic E-state index is 12.4. The van der Waals surface area contributed by atoms with Crippen LogP contribution < -0.4 is 5.73 Å². The number of aromatic nitrogens is 1. The lowest BCUT2D eigenvalue weighted by Gasteiger charge is -2.42. The number of rotatable bonds is 4. The van der Waals surface area contributed by atoms with Crippen LogP contribution in [0.3, 0.4) is 0 Å². The number of sulfonamides is 1. The maximum atomic E-state index is 12.4. The molecule has 1 fully saturated rings. The first-order valence-corrected chi connectivity index (χ1v) is 8.98. The maximum Gasteiger partial charge on any atom is 0.244 e. The van der Waals surface area contributed by atoms with Crippen molar-refractivity contribution >= 4 is 15.9 Å². The number of nitrogens with zero attached hydrogens (tertiary/aromatic N) is 3. The number of likely N-dealkylation sites (tertiary alicyclic amines) is 1. The summed E-state index contributed by atoms with van der Waals surface area (Å²) < 4.78 is 25.9. The molecule has 0 aromatic carbocycles. The molecule has 2 rings (SSSR count). The van der Waals surface area contributed by atoms with E-state index in [1.54, 1.807) is 11.0 Å². The van der Waals surface area contributed by atoms with E-state index >= 15 is 0 Å². The average molecular weight is 340 g/mol. The molecule has 1 unspecified atom stereocenters. The molecule has 1 atom stereocenters. The van der Waals surface area contributed by atoms with Gasteiger partial charge >= 0.3 is 0 Å². The highest BCUT2D eigenvalue weighted by Gasteiger charge is 2.36. The fourth-order valence-electron chi connectivity index (χ4n) is 2.64. The van der Waals surface area contributed by atoms with Crippen molar-refractivity contribution in [3.63, 3.8) is 0 Å². The van der Waals surface area contributed by atoms with E-state index < -0.39 is 10.0 Å². The van der Waals surface area contributed by atoms with E-state index in [1.165, 1.54) is 25.5 Å². The second-order valence-electron chi connectivity index (χ2n) is 6.65. The van der Waals surface area contributed by atoms with Gasteiger partial charge in [-0.1, -0.05) is 13.8 Å². The van der Waals surface area contributed by atoms with Gasteiger partial charge in [0.05, 0.1) is 6.54 Å². The van der Waals surface area contributed by atoms with Gasteiger partial charge in [-0.15, -0.1) is 0 Å². The first-order chi connectivity index (χ1) is 10.6. The highest BCUT2D eigenvalue weighted by molar-refractivity contribution is 7.89. The molecule has 0 spiro atoms. The van der Waals surface area contributed by atoms with Gasteiger partial charge in [0.25, 0.3) is 0 Å². The average Bonchev–Trinajstić information content (AvgIpc) is 2.50. The Hall–Kier alpha value is -1.51. The minimum atomic E-state index is -3.71. The van der Waals surface area contributed by atoms with Gasteiger partial charge in [-0.05, 0) is 24.0 Å². The van der Waals surface area contributed by atoms with E-state index in [1.807, 2.05) is 13.8 Å². The van der Waals surface area contributed by atoms with Gasteiger partial charge in [0.2, 0.25) is 15.9 Å². The van der Waals surface area contributed by atoms with Gasteiger partial charge in [0.1, 0.15) is 4.90 Å². The summed E-state index contributed by atoms with van der Waals surface area (Å²) in [6, 6.07) is 3.06. The van der Waals surface area contributed by atoms with E-state index in [4.69, 9.17) is 5.73 Å². The molecule has 0 radical (unpaired) electrons. The molecule has 1 aliphatic heterocycles.